The molecule has 0 saturated carbocycles. The molecule has 1 aromatic heterocycles. The van der Waals surface area contributed by atoms with Crippen LogP contribution in [0.4, 0.5) is 0 Å². The molecule has 0 aromatic carbocycles. The van der Waals surface area contributed by atoms with Crippen LogP contribution in [0.5, 0.6) is 0 Å². The Balaban J connectivity index is 2.37. The van der Waals surface area contributed by atoms with Crippen molar-refractivity contribution in [2.45, 2.75) is 26.6 Å². The third kappa shape index (κ3) is 3.80. The zero-order valence-electron chi connectivity index (χ0n) is 7.90. The lowest BCUT2D eigenvalue weighted by Crippen LogP contribution is -2.20. The highest BCUT2D eigenvalue weighted by Gasteiger charge is 2.10. The molecule has 0 amide bonds. The fourth-order valence-electron chi connectivity index (χ4n) is 0.965. The molecule has 0 aliphatic heterocycles. The van der Waals surface area contributed by atoms with Crippen molar-refractivity contribution in [3.63, 3.8) is 0 Å². The van der Waals surface area contributed by atoms with Gasteiger partial charge in [-0.25, -0.2) is 0 Å². The molecule has 1 rings (SSSR count). The molecule has 5 heteroatoms. The Bertz CT molecular complexity index is 210. The molecule has 1 aromatic rings. The largest absolute Gasteiger partial charge is 0.353 e. The maximum Gasteiger partial charge on any atom is 0.163 e. The Hall–Kier alpha value is -0.520. The van der Waals surface area contributed by atoms with Crippen molar-refractivity contribution in [2.24, 2.45) is 0 Å². The second-order valence-corrected chi connectivity index (χ2v) is 3.29. The molecule has 0 aliphatic rings. The molecule has 0 radical (unpaired) electrons. The van der Waals surface area contributed by atoms with Crippen LogP contribution >= 0.6 is 11.3 Å². The molecule has 4 nitrogen and oxygen atoms in total. The van der Waals surface area contributed by atoms with Crippen molar-refractivity contribution in [1.82, 2.24) is 10.2 Å². The average Bonchev–Trinajstić information content (AvgIpc) is 2.58. The van der Waals surface area contributed by atoms with Crippen LogP contribution in [0.2, 0.25) is 0 Å². The molecule has 0 fully saturated rings. The molecular formula is C8H14N2O2S. The fraction of sp³-hybridized carbons (Fsp3) is 0.750. The Morgan fingerprint density at radius 3 is 2.54 bits per heavy atom. The van der Waals surface area contributed by atoms with Gasteiger partial charge >= 0.3 is 0 Å². The van der Waals surface area contributed by atoms with Crippen molar-refractivity contribution in [3.8, 4) is 0 Å². The lowest BCUT2D eigenvalue weighted by Gasteiger charge is -2.14. The first-order valence-corrected chi connectivity index (χ1v) is 5.23. The molecule has 0 spiro atoms. The van der Waals surface area contributed by atoms with E-state index in [1.807, 2.05) is 13.8 Å². The summed E-state index contributed by atoms with van der Waals surface area (Å²) in [6.45, 7) is 5.21. The van der Waals surface area contributed by atoms with E-state index in [-0.39, 0.29) is 6.29 Å². The number of hydrogen-bond acceptors (Lipinski definition) is 5. The van der Waals surface area contributed by atoms with Crippen LogP contribution in [0.1, 0.15) is 18.9 Å². The van der Waals surface area contributed by atoms with Gasteiger partial charge in [0, 0.05) is 13.2 Å². The van der Waals surface area contributed by atoms with Crippen LogP contribution in [-0.4, -0.2) is 29.7 Å². The van der Waals surface area contributed by atoms with E-state index in [0.717, 1.165) is 5.01 Å². The molecule has 0 N–H and O–H groups in total. The first-order chi connectivity index (χ1) is 6.36. The van der Waals surface area contributed by atoms with E-state index in [2.05, 4.69) is 10.2 Å². The average molecular weight is 202 g/mol. The summed E-state index contributed by atoms with van der Waals surface area (Å²) in [7, 11) is 0. The lowest BCUT2D eigenvalue weighted by molar-refractivity contribution is -0.134. The highest BCUT2D eigenvalue weighted by molar-refractivity contribution is 7.09. The van der Waals surface area contributed by atoms with Gasteiger partial charge in [-0.3, -0.25) is 0 Å². The quantitative estimate of drug-likeness (QED) is 0.655. The first kappa shape index (κ1) is 10.6. The van der Waals surface area contributed by atoms with E-state index in [1.54, 1.807) is 5.51 Å². The highest BCUT2D eigenvalue weighted by Crippen LogP contribution is 2.08. The second-order valence-electron chi connectivity index (χ2n) is 2.38. The third-order valence-corrected chi connectivity index (χ3v) is 2.17. The van der Waals surface area contributed by atoms with Gasteiger partial charge in [0.25, 0.3) is 0 Å². The zero-order valence-corrected chi connectivity index (χ0v) is 8.71. The summed E-state index contributed by atoms with van der Waals surface area (Å²) in [5.41, 5.74) is 1.71. The number of rotatable bonds is 6. The SMILES string of the molecule is CCOC(Cc1nncs1)OCC. The predicted molar refractivity (Wildman–Crippen MR) is 50.7 cm³/mol. The van der Waals surface area contributed by atoms with Gasteiger partial charge in [0.15, 0.2) is 6.29 Å². The van der Waals surface area contributed by atoms with E-state index in [4.69, 9.17) is 9.47 Å². The van der Waals surface area contributed by atoms with Gasteiger partial charge in [-0.15, -0.1) is 21.5 Å². The molecule has 1 heterocycles. The van der Waals surface area contributed by atoms with Crippen LogP contribution in [-0.2, 0) is 15.9 Å². The van der Waals surface area contributed by atoms with Crippen molar-refractivity contribution in [2.75, 3.05) is 13.2 Å². The van der Waals surface area contributed by atoms with Gasteiger partial charge in [0.05, 0.1) is 6.42 Å². The second kappa shape index (κ2) is 6.01. The van der Waals surface area contributed by atoms with Gasteiger partial charge in [-0.05, 0) is 13.8 Å². The molecule has 74 valence electrons. The van der Waals surface area contributed by atoms with Crippen LogP contribution in [0, 0.1) is 0 Å². The maximum atomic E-state index is 5.37. The van der Waals surface area contributed by atoms with Crippen LogP contribution in [0.25, 0.3) is 0 Å². The minimum Gasteiger partial charge on any atom is -0.353 e. The molecule has 0 aliphatic carbocycles. The summed E-state index contributed by atoms with van der Waals surface area (Å²) in [6, 6.07) is 0. The predicted octanol–water partition coefficient (Wildman–Crippen LogP) is 1.48. The minimum absolute atomic E-state index is 0.178. The van der Waals surface area contributed by atoms with E-state index < -0.39 is 0 Å². The molecular weight excluding hydrogens is 188 g/mol. The Morgan fingerprint density at radius 2 is 2.08 bits per heavy atom. The third-order valence-electron chi connectivity index (χ3n) is 1.45. The van der Waals surface area contributed by atoms with E-state index in [0.29, 0.717) is 19.6 Å². The number of nitrogens with zero attached hydrogens (tertiary/aromatic N) is 2. The van der Waals surface area contributed by atoms with Crippen molar-refractivity contribution < 1.29 is 9.47 Å². The lowest BCUT2D eigenvalue weighted by atomic mass is 10.4. The van der Waals surface area contributed by atoms with Crippen LogP contribution < -0.4 is 0 Å². The van der Waals surface area contributed by atoms with Gasteiger partial charge < -0.3 is 9.47 Å². The molecule has 0 unspecified atom stereocenters. The van der Waals surface area contributed by atoms with Crippen LogP contribution in [0.3, 0.4) is 0 Å². The molecule has 0 atom stereocenters. The highest BCUT2D eigenvalue weighted by atomic mass is 32.1. The van der Waals surface area contributed by atoms with Gasteiger partial charge in [0.2, 0.25) is 0 Å². The summed E-state index contributed by atoms with van der Waals surface area (Å²) >= 11 is 1.52. The molecule has 0 saturated heterocycles. The minimum atomic E-state index is -0.178. The zero-order chi connectivity index (χ0) is 9.52. The maximum absolute atomic E-state index is 5.37. The molecule has 13 heavy (non-hydrogen) atoms. The smallest absolute Gasteiger partial charge is 0.163 e. The number of ether oxygens (including phenoxy) is 2. The van der Waals surface area contributed by atoms with E-state index >= 15 is 0 Å². The topological polar surface area (TPSA) is 44.2 Å². The monoisotopic (exact) mass is 202 g/mol. The first-order valence-electron chi connectivity index (χ1n) is 4.35. The van der Waals surface area contributed by atoms with Gasteiger partial charge in [0.1, 0.15) is 10.5 Å². The van der Waals surface area contributed by atoms with Gasteiger partial charge in [-0.1, -0.05) is 0 Å². The Labute approximate surface area is 81.9 Å². The summed E-state index contributed by atoms with van der Waals surface area (Å²) < 4.78 is 10.7. The van der Waals surface area contributed by atoms with Gasteiger partial charge in [-0.2, -0.15) is 0 Å². The normalized spacial score (nSPS) is 11.0. The Kier molecular flexibility index (Phi) is 4.88. The summed E-state index contributed by atoms with van der Waals surface area (Å²) in [6.07, 6.45) is 0.509. The van der Waals surface area contributed by atoms with Crippen LogP contribution in [0.15, 0.2) is 5.51 Å². The summed E-state index contributed by atoms with van der Waals surface area (Å²) in [5, 5.41) is 8.63. The molecule has 0 bridgehead atoms. The summed E-state index contributed by atoms with van der Waals surface area (Å²) in [5.74, 6) is 0. The van der Waals surface area contributed by atoms with E-state index in [1.165, 1.54) is 11.3 Å². The fourth-order valence-corrected chi connectivity index (χ4v) is 1.51. The number of aromatic nitrogens is 2. The standard InChI is InChI=1S/C8H14N2O2S/c1-3-11-8(12-4-2)5-7-10-9-6-13-7/h6,8H,3-5H2,1-2H3. The van der Waals surface area contributed by atoms with Crippen molar-refractivity contribution >= 4 is 11.3 Å². The summed E-state index contributed by atoms with van der Waals surface area (Å²) in [4.78, 5) is 0. The van der Waals surface area contributed by atoms with E-state index in [9.17, 15) is 0 Å². The number of hydrogen-bond donors (Lipinski definition) is 0. The van der Waals surface area contributed by atoms with Crippen molar-refractivity contribution in [1.29, 1.82) is 0 Å². The Morgan fingerprint density at radius 1 is 1.38 bits per heavy atom. The van der Waals surface area contributed by atoms with Crippen molar-refractivity contribution in [3.05, 3.63) is 10.5 Å².